The molecule has 4 rings (SSSR count). The molecule has 0 radical (unpaired) electrons. The van der Waals surface area contributed by atoms with E-state index >= 15 is 0 Å². The average molecular weight is 328 g/mol. The highest BCUT2D eigenvalue weighted by molar-refractivity contribution is 6.04. The highest BCUT2D eigenvalue weighted by Crippen LogP contribution is 2.53. The fourth-order valence-corrected chi connectivity index (χ4v) is 4.47. The molecule has 3 aromatic rings. The predicted molar refractivity (Wildman–Crippen MR) is 110 cm³/mol. The van der Waals surface area contributed by atoms with Crippen molar-refractivity contribution in [3.8, 4) is 11.1 Å². The van der Waals surface area contributed by atoms with Crippen molar-refractivity contribution in [2.24, 2.45) is 0 Å². The summed E-state index contributed by atoms with van der Waals surface area (Å²) in [7, 11) is 0. The van der Waals surface area contributed by atoms with Gasteiger partial charge in [-0.1, -0.05) is 90.1 Å². The number of hydrogen-bond acceptors (Lipinski definition) is 0. The second-order valence-electron chi connectivity index (χ2n) is 8.67. The van der Waals surface area contributed by atoms with E-state index < -0.39 is 0 Å². The van der Waals surface area contributed by atoms with Crippen LogP contribution in [-0.2, 0) is 5.41 Å². The van der Waals surface area contributed by atoms with Crippen molar-refractivity contribution in [2.75, 3.05) is 0 Å². The zero-order valence-corrected chi connectivity index (χ0v) is 16.3. The van der Waals surface area contributed by atoms with Crippen LogP contribution < -0.4 is 0 Å². The van der Waals surface area contributed by atoms with E-state index in [0.29, 0.717) is 11.8 Å². The monoisotopic (exact) mass is 328 g/mol. The SMILES string of the molecule is CC(C)c1ccc2c(c1)C(C)(C)c1cc(C(C)C)c3ccccc3c1-2. The van der Waals surface area contributed by atoms with Gasteiger partial charge in [-0.05, 0) is 56.0 Å². The molecule has 0 saturated carbocycles. The van der Waals surface area contributed by atoms with E-state index in [-0.39, 0.29) is 5.41 Å². The summed E-state index contributed by atoms with van der Waals surface area (Å²) < 4.78 is 0. The van der Waals surface area contributed by atoms with Crippen LogP contribution in [0.5, 0.6) is 0 Å². The predicted octanol–water partition coefficient (Wildman–Crippen LogP) is 7.39. The molecule has 0 fully saturated rings. The van der Waals surface area contributed by atoms with Crippen LogP contribution in [0.25, 0.3) is 21.9 Å². The fraction of sp³-hybridized carbons (Fsp3) is 0.360. The van der Waals surface area contributed by atoms with E-state index in [1.54, 1.807) is 0 Å². The lowest BCUT2D eigenvalue weighted by Crippen LogP contribution is -2.16. The first-order valence-electron chi connectivity index (χ1n) is 9.53. The molecule has 0 aromatic heterocycles. The van der Waals surface area contributed by atoms with Gasteiger partial charge < -0.3 is 0 Å². The molecule has 3 aromatic carbocycles. The third-order valence-electron chi connectivity index (χ3n) is 6.02. The Hall–Kier alpha value is -2.08. The second kappa shape index (κ2) is 5.46. The molecule has 1 aliphatic carbocycles. The van der Waals surface area contributed by atoms with Crippen LogP contribution >= 0.6 is 0 Å². The van der Waals surface area contributed by atoms with E-state index in [1.165, 1.54) is 44.2 Å². The second-order valence-corrected chi connectivity index (χ2v) is 8.67. The molecule has 0 spiro atoms. The van der Waals surface area contributed by atoms with Crippen molar-refractivity contribution in [1.29, 1.82) is 0 Å². The molecule has 0 amide bonds. The molecule has 0 bridgehead atoms. The summed E-state index contributed by atoms with van der Waals surface area (Å²) in [6.45, 7) is 14.0. The van der Waals surface area contributed by atoms with Gasteiger partial charge >= 0.3 is 0 Å². The minimum Gasteiger partial charge on any atom is -0.0616 e. The van der Waals surface area contributed by atoms with E-state index in [0.717, 1.165) is 0 Å². The molecule has 0 unspecified atom stereocenters. The van der Waals surface area contributed by atoms with Gasteiger partial charge in [0.15, 0.2) is 0 Å². The van der Waals surface area contributed by atoms with Gasteiger partial charge in [0.2, 0.25) is 0 Å². The zero-order valence-electron chi connectivity index (χ0n) is 16.3. The summed E-state index contributed by atoms with van der Waals surface area (Å²) in [6.07, 6.45) is 0. The summed E-state index contributed by atoms with van der Waals surface area (Å²) in [5.41, 5.74) is 8.83. The molecule has 0 aliphatic heterocycles. The van der Waals surface area contributed by atoms with Gasteiger partial charge in [-0.25, -0.2) is 0 Å². The molecule has 25 heavy (non-hydrogen) atoms. The summed E-state index contributed by atoms with van der Waals surface area (Å²) in [4.78, 5) is 0. The van der Waals surface area contributed by atoms with Gasteiger partial charge in [-0.3, -0.25) is 0 Å². The Labute approximate surface area is 151 Å². The molecule has 0 saturated heterocycles. The van der Waals surface area contributed by atoms with Gasteiger partial charge in [-0.2, -0.15) is 0 Å². The van der Waals surface area contributed by atoms with Gasteiger partial charge in [0.25, 0.3) is 0 Å². The Kier molecular flexibility index (Phi) is 3.58. The lowest BCUT2D eigenvalue weighted by molar-refractivity contribution is 0.656. The van der Waals surface area contributed by atoms with Crippen LogP contribution in [0.4, 0.5) is 0 Å². The van der Waals surface area contributed by atoms with E-state index in [2.05, 4.69) is 90.1 Å². The maximum Gasteiger partial charge on any atom is 0.0159 e. The van der Waals surface area contributed by atoms with Crippen LogP contribution in [0.3, 0.4) is 0 Å². The Morgan fingerprint density at radius 2 is 1.40 bits per heavy atom. The quantitative estimate of drug-likeness (QED) is 0.460. The first kappa shape index (κ1) is 16.4. The van der Waals surface area contributed by atoms with Crippen LogP contribution in [0, 0.1) is 0 Å². The minimum atomic E-state index is 0.0588. The van der Waals surface area contributed by atoms with Crippen molar-refractivity contribution in [1.82, 2.24) is 0 Å². The molecule has 0 N–H and O–H groups in total. The normalized spacial score (nSPS) is 15.0. The Balaban J connectivity index is 2.12. The first-order chi connectivity index (χ1) is 11.8. The van der Waals surface area contributed by atoms with E-state index in [1.807, 2.05) is 0 Å². The summed E-state index contributed by atoms with van der Waals surface area (Å²) >= 11 is 0. The molecule has 1 aliphatic rings. The highest BCUT2D eigenvalue weighted by Gasteiger charge is 2.37. The highest BCUT2D eigenvalue weighted by atomic mass is 14.4. The van der Waals surface area contributed by atoms with Gasteiger partial charge in [0, 0.05) is 5.41 Å². The van der Waals surface area contributed by atoms with Crippen LogP contribution in [0.1, 0.15) is 75.6 Å². The summed E-state index contributed by atoms with van der Waals surface area (Å²) in [5.74, 6) is 1.09. The first-order valence-corrected chi connectivity index (χ1v) is 9.53. The van der Waals surface area contributed by atoms with Crippen molar-refractivity contribution in [2.45, 2.75) is 58.8 Å². The molecular weight excluding hydrogens is 300 g/mol. The molecule has 0 nitrogen and oxygen atoms in total. The number of hydrogen-bond donors (Lipinski definition) is 0. The lowest BCUT2D eigenvalue weighted by atomic mass is 9.79. The molecule has 0 heterocycles. The fourth-order valence-electron chi connectivity index (χ4n) is 4.47. The van der Waals surface area contributed by atoms with Gasteiger partial charge in [0.05, 0.1) is 0 Å². The smallest absolute Gasteiger partial charge is 0.0159 e. The lowest BCUT2D eigenvalue weighted by Gasteiger charge is -2.24. The topological polar surface area (TPSA) is 0 Å². The maximum absolute atomic E-state index is 2.48. The van der Waals surface area contributed by atoms with Crippen molar-refractivity contribution < 1.29 is 0 Å². The van der Waals surface area contributed by atoms with Crippen molar-refractivity contribution >= 4 is 10.8 Å². The Bertz CT molecular complexity index is 971. The number of fused-ring (bicyclic) bond motifs is 5. The standard InChI is InChI=1S/C25H28/c1-15(2)17-11-12-20-22(13-17)25(5,6)23-14-21(16(3)4)18-9-7-8-10-19(18)24(20)23/h7-16H,1-6H3. The molecular formula is C25H28. The molecule has 0 heteroatoms. The van der Waals surface area contributed by atoms with E-state index in [4.69, 9.17) is 0 Å². The van der Waals surface area contributed by atoms with Gasteiger partial charge in [0.1, 0.15) is 0 Å². The zero-order chi connectivity index (χ0) is 17.9. The average Bonchev–Trinajstić information content (AvgIpc) is 2.81. The third kappa shape index (κ3) is 2.27. The summed E-state index contributed by atoms with van der Waals surface area (Å²) in [5, 5.41) is 2.82. The van der Waals surface area contributed by atoms with E-state index in [9.17, 15) is 0 Å². The molecule has 0 atom stereocenters. The van der Waals surface area contributed by atoms with Crippen LogP contribution in [0.2, 0.25) is 0 Å². The van der Waals surface area contributed by atoms with Crippen LogP contribution in [-0.4, -0.2) is 0 Å². The molecule has 128 valence electrons. The summed E-state index contributed by atoms with van der Waals surface area (Å²) in [6, 6.07) is 18.6. The minimum absolute atomic E-state index is 0.0588. The maximum atomic E-state index is 2.48. The number of benzene rings is 3. The number of rotatable bonds is 2. The Morgan fingerprint density at radius 3 is 2.04 bits per heavy atom. The van der Waals surface area contributed by atoms with Crippen LogP contribution in [0.15, 0.2) is 48.5 Å². The van der Waals surface area contributed by atoms with Gasteiger partial charge in [-0.15, -0.1) is 0 Å². The largest absolute Gasteiger partial charge is 0.0616 e. The Morgan fingerprint density at radius 1 is 0.720 bits per heavy atom. The van der Waals surface area contributed by atoms with Crippen molar-refractivity contribution in [3.05, 3.63) is 70.8 Å². The van der Waals surface area contributed by atoms with Crippen molar-refractivity contribution in [3.63, 3.8) is 0 Å². The third-order valence-corrected chi connectivity index (χ3v) is 6.02.